The molecule has 4 nitrogen and oxygen atoms in total. The molecule has 98 valence electrons. The minimum Gasteiger partial charge on any atom is -0.313 e. The Kier molecular flexibility index (Phi) is 9.24. The van der Waals surface area contributed by atoms with Crippen LogP contribution in [0.25, 0.3) is 0 Å². The van der Waals surface area contributed by atoms with Crippen molar-refractivity contribution >= 4 is 7.60 Å². The molecule has 0 aromatic rings. The predicted molar refractivity (Wildman–Crippen MR) is 68.1 cm³/mol. The van der Waals surface area contributed by atoms with Crippen molar-refractivity contribution in [1.29, 1.82) is 0 Å². The van der Waals surface area contributed by atoms with Gasteiger partial charge in [0, 0.05) is 12.6 Å². The lowest BCUT2D eigenvalue weighted by molar-refractivity contribution is 0.219. The minimum atomic E-state index is -2.86. The Bertz CT molecular complexity index is 197. The first-order valence-corrected chi connectivity index (χ1v) is 7.96. The number of rotatable bonds is 10. The van der Waals surface area contributed by atoms with Crippen LogP contribution in [0.1, 0.15) is 40.5 Å². The molecule has 0 saturated carbocycles. The predicted octanol–water partition coefficient (Wildman–Crippen LogP) is 3.03. The van der Waals surface area contributed by atoms with Gasteiger partial charge in [0.15, 0.2) is 0 Å². The van der Waals surface area contributed by atoms with E-state index in [-0.39, 0.29) is 0 Å². The number of hydrogen-bond acceptors (Lipinski definition) is 4. The summed E-state index contributed by atoms with van der Waals surface area (Å²) in [6, 6.07) is 0.497. The third kappa shape index (κ3) is 6.64. The van der Waals surface area contributed by atoms with Crippen molar-refractivity contribution in [3.05, 3.63) is 0 Å². The van der Waals surface area contributed by atoms with Crippen molar-refractivity contribution in [2.45, 2.75) is 46.6 Å². The molecule has 0 aromatic carbocycles. The maximum absolute atomic E-state index is 12.1. The highest BCUT2D eigenvalue weighted by molar-refractivity contribution is 7.53. The van der Waals surface area contributed by atoms with Crippen LogP contribution in [0.4, 0.5) is 0 Å². The van der Waals surface area contributed by atoms with Gasteiger partial charge in [-0.3, -0.25) is 4.57 Å². The van der Waals surface area contributed by atoms with Crippen LogP contribution >= 0.6 is 7.60 Å². The zero-order valence-electron chi connectivity index (χ0n) is 11.0. The first-order valence-electron chi connectivity index (χ1n) is 6.23. The van der Waals surface area contributed by atoms with Gasteiger partial charge in [-0.1, -0.05) is 13.8 Å². The van der Waals surface area contributed by atoms with Crippen molar-refractivity contribution < 1.29 is 13.6 Å². The van der Waals surface area contributed by atoms with Gasteiger partial charge in [0.25, 0.3) is 0 Å². The van der Waals surface area contributed by atoms with E-state index in [0.717, 1.165) is 12.8 Å². The van der Waals surface area contributed by atoms with Crippen LogP contribution in [0.2, 0.25) is 0 Å². The first kappa shape index (κ1) is 16.1. The molecule has 0 spiro atoms. The summed E-state index contributed by atoms with van der Waals surface area (Å²) in [5.41, 5.74) is 0. The van der Waals surface area contributed by atoms with Crippen LogP contribution in [-0.4, -0.2) is 32.0 Å². The highest BCUT2D eigenvalue weighted by atomic mass is 31.2. The van der Waals surface area contributed by atoms with Crippen LogP contribution < -0.4 is 5.32 Å². The van der Waals surface area contributed by atoms with Gasteiger partial charge in [0.2, 0.25) is 0 Å². The molecule has 0 heterocycles. The third-order valence-corrected chi connectivity index (χ3v) is 4.53. The molecule has 0 amide bonds. The third-order valence-electron chi connectivity index (χ3n) is 2.46. The lowest BCUT2D eigenvalue weighted by Crippen LogP contribution is -2.30. The van der Waals surface area contributed by atoms with Crippen LogP contribution in [0.3, 0.4) is 0 Å². The highest BCUT2D eigenvalue weighted by Crippen LogP contribution is 2.47. The largest absolute Gasteiger partial charge is 0.331 e. The molecule has 0 aliphatic heterocycles. The minimum absolute atomic E-state index is 0.433. The summed E-state index contributed by atoms with van der Waals surface area (Å²) in [6.07, 6.45) is 2.62. The van der Waals surface area contributed by atoms with Crippen molar-refractivity contribution in [1.82, 2.24) is 5.32 Å². The van der Waals surface area contributed by atoms with Gasteiger partial charge in [0.1, 0.15) is 0 Å². The van der Waals surface area contributed by atoms with E-state index < -0.39 is 7.60 Å². The molecule has 16 heavy (non-hydrogen) atoms. The Hall–Kier alpha value is 0.110. The molecule has 0 bridgehead atoms. The van der Waals surface area contributed by atoms with Crippen molar-refractivity contribution in [3.63, 3.8) is 0 Å². The van der Waals surface area contributed by atoms with Crippen LogP contribution in [-0.2, 0) is 13.6 Å². The van der Waals surface area contributed by atoms with Crippen LogP contribution in [0, 0.1) is 0 Å². The maximum Gasteiger partial charge on any atom is 0.331 e. The Morgan fingerprint density at radius 1 is 1.06 bits per heavy atom. The van der Waals surface area contributed by atoms with Gasteiger partial charge in [-0.05, 0) is 26.7 Å². The highest BCUT2D eigenvalue weighted by Gasteiger charge is 2.22. The summed E-state index contributed by atoms with van der Waals surface area (Å²) >= 11 is 0. The summed E-state index contributed by atoms with van der Waals surface area (Å²) in [5, 5.41) is 3.36. The zero-order valence-corrected chi connectivity index (χ0v) is 11.9. The molecule has 0 aliphatic rings. The smallest absolute Gasteiger partial charge is 0.313 e. The lowest BCUT2D eigenvalue weighted by atomic mass is 10.2. The maximum atomic E-state index is 12.1. The van der Waals surface area contributed by atoms with Gasteiger partial charge < -0.3 is 14.4 Å². The summed E-state index contributed by atoms with van der Waals surface area (Å²) in [4.78, 5) is 0. The molecule has 5 heteroatoms. The molecule has 0 aliphatic carbocycles. The topological polar surface area (TPSA) is 47.6 Å². The fraction of sp³-hybridized carbons (Fsp3) is 1.00. The molecule has 0 atom stereocenters. The molecule has 0 unspecified atom stereocenters. The Morgan fingerprint density at radius 2 is 1.56 bits per heavy atom. The van der Waals surface area contributed by atoms with Gasteiger partial charge in [-0.25, -0.2) is 0 Å². The van der Waals surface area contributed by atoms with Gasteiger partial charge in [0.05, 0.1) is 19.4 Å². The molecule has 0 fully saturated rings. The zero-order chi connectivity index (χ0) is 12.4. The second kappa shape index (κ2) is 9.17. The molecule has 0 saturated heterocycles. The van der Waals surface area contributed by atoms with Crippen molar-refractivity contribution in [2.75, 3.05) is 25.9 Å². The van der Waals surface area contributed by atoms with E-state index >= 15 is 0 Å². The molecule has 0 radical (unpaired) electrons. The summed E-state index contributed by atoms with van der Waals surface area (Å²) < 4.78 is 22.5. The second-order valence-electron chi connectivity index (χ2n) is 3.64. The van der Waals surface area contributed by atoms with E-state index in [4.69, 9.17) is 9.05 Å². The standard InChI is InChI=1S/C11H26NO3P/c1-5-11(6-2)12-9-10-16(13,14-7-3)15-8-4/h11-12H,5-10H2,1-4H3. The molecule has 0 aromatic heterocycles. The average molecular weight is 251 g/mol. The van der Waals surface area contributed by atoms with E-state index in [2.05, 4.69) is 19.2 Å². The van der Waals surface area contributed by atoms with E-state index in [1.54, 1.807) is 0 Å². The first-order chi connectivity index (χ1) is 7.61. The summed E-state index contributed by atoms with van der Waals surface area (Å²) in [5.74, 6) is 0. The van der Waals surface area contributed by atoms with Gasteiger partial charge in [-0.2, -0.15) is 0 Å². The SMILES string of the molecule is CCOP(=O)(CCNC(CC)CC)OCC. The number of nitrogens with one attached hydrogen (secondary N) is 1. The fourth-order valence-electron chi connectivity index (χ4n) is 1.54. The molecule has 1 N–H and O–H groups in total. The van der Waals surface area contributed by atoms with Crippen LogP contribution in [0.15, 0.2) is 0 Å². The normalized spacial score (nSPS) is 12.3. The van der Waals surface area contributed by atoms with Crippen LogP contribution in [0.5, 0.6) is 0 Å². The Balaban J connectivity index is 3.97. The van der Waals surface area contributed by atoms with E-state index in [0.29, 0.717) is 32.0 Å². The fourth-order valence-corrected chi connectivity index (χ4v) is 3.07. The molecular weight excluding hydrogens is 225 g/mol. The second-order valence-corrected chi connectivity index (χ2v) is 5.82. The van der Waals surface area contributed by atoms with E-state index in [1.165, 1.54) is 0 Å². The van der Waals surface area contributed by atoms with Gasteiger partial charge >= 0.3 is 7.60 Å². The van der Waals surface area contributed by atoms with E-state index in [9.17, 15) is 4.57 Å². The summed E-state index contributed by atoms with van der Waals surface area (Å²) in [6.45, 7) is 9.51. The quantitative estimate of drug-likeness (QED) is 0.606. The number of hydrogen-bond donors (Lipinski definition) is 1. The van der Waals surface area contributed by atoms with Crippen molar-refractivity contribution in [2.24, 2.45) is 0 Å². The average Bonchev–Trinajstić information content (AvgIpc) is 2.25. The summed E-state index contributed by atoms with van der Waals surface area (Å²) in [7, 11) is -2.86. The molecular formula is C11H26NO3P. The monoisotopic (exact) mass is 251 g/mol. The lowest BCUT2D eigenvalue weighted by Gasteiger charge is -2.19. The van der Waals surface area contributed by atoms with Gasteiger partial charge in [-0.15, -0.1) is 0 Å². The van der Waals surface area contributed by atoms with E-state index in [1.807, 2.05) is 13.8 Å². The Labute approximate surface area is 99.6 Å². The van der Waals surface area contributed by atoms with Crippen molar-refractivity contribution in [3.8, 4) is 0 Å². The molecule has 0 rings (SSSR count). The Morgan fingerprint density at radius 3 is 1.94 bits per heavy atom.